The molecule has 7 heteroatoms. The molecule has 0 saturated heterocycles. The van der Waals surface area contributed by atoms with Crippen LogP contribution >= 0.6 is 0 Å². The summed E-state index contributed by atoms with van der Waals surface area (Å²) in [5.74, 6) is -4.37. The van der Waals surface area contributed by atoms with E-state index in [1.165, 1.54) is 25.7 Å². The Morgan fingerprint density at radius 1 is 1.00 bits per heavy atom. The van der Waals surface area contributed by atoms with Gasteiger partial charge in [-0.2, -0.15) is 4.39 Å². The third kappa shape index (κ3) is 8.49. The van der Waals surface area contributed by atoms with E-state index < -0.39 is 23.4 Å². The molecule has 37 heavy (non-hydrogen) atoms. The van der Waals surface area contributed by atoms with Crippen molar-refractivity contribution in [3.05, 3.63) is 41.1 Å². The highest BCUT2D eigenvalue weighted by Gasteiger charge is 2.47. The first-order valence-electron chi connectivity index (χ1n) is 14.3. The molecule has 0 radical (unpaired) electrons. The molecule has 2 aromatic rings. The molecule has 0 aromatic carbocycles. The number of pyridine rings is 1. The van der Waals surface area contributed by atoms with Crippen LogP contribution in [0.15, 0.2) is 18.5 Å². The SMILES string of the molecule is CCCCCOCCCCCC1CCc2cc(-c3ncc(CC(C)CCCC)cn3)nc(F)c2C1(F)F. The van der Waals surface area contributed by atoms with Gasteiger partial charge in [-0.3, -0.25) is 0 Å². The number of rotatable bonds is 16. The van der Waals surface area contributed by atoms with Crippen molar-refractivity contribution < 1.29 is 17.9 Å². The van der Waals surface area contributed by atoms with Gasteiger partial charge in [-0.25, -0.2) is 23.7 Å². The second-order valence-electron chi connectivity index (χ2n) is 10.7. The van der Waals surface area contributed by atoms with Gasteiger partial charge in [0.15, 0.2) is 5.82 Å². The van der Waals surface area contributed by atoms with Gasteiger partial charge in [0.25, 0.3) is 5.92 Å². The van der Waals surface area contributed by atoms with Crippen LogP contribution in [0.2, 0.25) is 0 Å². The summed E-state index contributed by atoms with van der Waals surface area (Å²) in [5.41, 5.74) is 1.02. The van der Waals surface area contributed by atoms with Gasteiger partial charge in [0.1, 0.15) is 5.69 Å². The first-order chi connectivity index (χ1) is 17.9. The zero-order valence-corrected chi connectivity index (χ0v) is 22.9. The van der Waals surface area contributed by atoms with Crippen LogP contribution in [0.1, 0.15) is 108 Å². The van der Waals surface area contributed by atoms with E-state index >= 15 is 13.2 Å². The minimum atomic E-state index is -3.22. The second-order valence-corrected chi connectivity index (χ2v) is 10.7. The molecule has 4 nitrogen and oxygen atoms in total. The summed E-state index contributed by atoms with van der Waals surface area (Å²) in [5, 5.41) is 0. The molecule has 3 rings (SSSR count). The normalized spacial score (nSPS) is 17.5. The minimum absolute atomic E-state index is 0.218. The molecule has 1 aliphatic rings. The Morgan fingerprint density at radius 2 is 1.70 bits per heavy atom. The van der Waals surface area contributed by atoms with Gasteiger partial charge in [0.05, 0.1) is 5.56 Å². The van der Waals surface area contributed by atoms with Crippen molar-refractivity contribution in [3.8, 4) is 11.5 Å². The van der Waals surface area contributed by atoms with Crippen molar-refractivity contribution in [1.29, 1.82) is 0 Å². The summed E-state index contributed by atoms with van der Waals surface area (Å²) in [6, 6.07) is 1.55. The van der Waals surface area contributed by atoms with E-state index in [9.17, 15) is 0 Å². The van der Waals surface area contributed by atoms with E-state index in [0.29, 0.717) is 43.8 Å². The van der Waals surface area contributed by atoms with Crippen LogP contribution in [0.4, 0.5) is 13.2 Å². The van der Waals surface area contributed by atoms with Gasteiger partial charge in [-0.1, -0.05) is 65.7 Å². The van der Waals surface area contributed by atoms with Gasteiger partial charge < -0.3 is 4.74 Å². The molecule has 206 valence electrons. The number of hydrogen-bond acceptors (Lipinski definition) is 4. The minimum Gasteiger partial charge on any atom is -0.381 e. The first-order valence-corrected chi connectivity index (χ1v) is 14.3. The summed E-state index contributed by atoms with van der Waals surface area (Å²) in [6.45, 7) is 7.99. The lowest BCUT2D eigenvalue weighted by Gasteiger charge is -2.33. The molecule has 0 saturated carbocycles. The molecule has 2 unspecified atom stereocenters. The largest absolute Gasteiger partial charge is 0.381 e. The number of aryl methyl sites for hydroxylation is 1. The Hall–Kier alpha value is -2.02. The highest BCUT2D eigenvalue weighted by atomic mass is 19.3. The van der Waals surface area contributed by atoms with Crippen LogP contribution in [0.25, 0.3) is 11.5 Å². The maximum Gasteiger partial charge on any atom is 0.280 e. The number of aromatic nitrogens is 3. The molecular formula is C30H44F3N3O. The van der Waals surface area contributed by atoms with Crippen molar-refractivity contribution in [2.75, 3.05) is 13.2 Å². The Balaban J connectivity index is 1.57. The molecule has 1 aliphatic carbocycles. The van der Waals surface area contributed by atoms with E-state index in [2.05, 4.69) is 35.7 Å². The lowest BCUT2D eigenvalue weighted by Crippen LogP contribution is -2.33. The first kappa shape index (κ1) is 29.5. The van der Waals surface area contributed by atoms with Crippen LogP contribution < -0.4 is 0 Å². The molecule has 0 aliphatic heterocycles. The third-order valence-corrected chi connectivity index (χ3v) is 7.47. The summed E-state index contributed by atoms with van der Waals surface area (Å²) in [7, 11) is 0. The Bertz CT molecular complexity index is 952. The highest BCUT2D eigenvalue weighted by Crippen LogP contribution is 2.47. The predicted octanol–water partition coefficient (Wildman–Crippen LogP) is 8.47. The van der Waals surface area contributed by atoms with Crippen LogP contribution in [-0.2, 0) is 23.5 Å². The van der Waals surface area contributed by atoms with Crippen LogP contribution in [0, 0.1) is 17.8 Å². The van der Waals surface area contributed by atoms with Gasteiger partial charge in [-0.05, 0) is 61.6 Å². The lowest BCUT2D eigenvalue weighted by atomic mass is 9.78. The summed E-state index contributed by atoms with van der Waals surface area (Å²) < 4.78 is 51.3. The van der Waals surface area contributed by atoms with E-state index in [1.54, 1.807) is 18.5 Å². The monoisotopic (exact) mass is 519 g/mol. The lowest BCUT2D eigenvalue weighted by molar-refractivity contribution is -0.0825. The zero-order chi connectivity index (χ0) is 26.7. The summed E-state index contributed by atoms with van der Waals surface area (Å²) in [4.78, 5) is 12.6. The fourth-order valence-electron chi connectivity index (χ4n) is 5.24. The highest BCUT2D eigenvalue weighted by molar-refractivity contribution is 5.53. The third-order valence-electron chi connectivity index (χ3n) is 7.47. The number of ether oxygens (including phenoxy) is 1. The predicted molar refractivity (Wildman–Crippen MR) is 142 cm³/mol. The van der Waals surface area contributed by atoms with Crippen LogP contribution in [0.3, 0.4) is 0 Å². The van der Waals surface area contributed by atoms with E-state index in [1.807, 2.05) is 0 Å². The molecule has 2 heterocycles. The molecule has 0 N–H and O–H groups in total. The topological polar surface area (TPSA) is 47.9 Å². The van der Waals surface area contributed by atoms with E-state index in [4.69, 9.17) is 4.74 Å². The number of hydrogen-bond donors (Lipinski definition) is 0. The molecular weight excluding hydrogens is 475 g/mol. The maximum atomic E-state index is 15.3. The van der Waals surface area contributed by atoms with Crippen molar-refractivity contribution >= 4 is 0 Å². The number of halogens is 3. The Kier molecular flexibility index (Phi) is 11.8. The maximum absolute atomic E-state index is 15.3. The Morgan fingerprint density at radius 3 is 2.41 bits per heavy atom. The van der Waals surface area contributed by atoms with E-state index in [0.717, 1.165) is 44.3 Å². The fraction of sp³-hybridized carbons (Fsp3) is 0.700. The van der Waals surface area contributed by atoms with Gasteiger partial charge in [0.2, 0.25) is 5.95 Å². The number of unbranched alkanes of at least 4 members (excludes halogenated alkanes) is 5. The molecule has 0 bridgehead atoms. The Labute approximate surface area is 220 Å². The smallest absolute Gasteiger partial charge is 0.280 e. The summed E-state index contributed by atoms with van der Waals surface area (Å²) in [6.07, 6.45) is 14.8. The second kappa shape index (κ2) is 14.8. The van der Waals surface area contributed by atoms with Crippen molar-refractivity contribution in [2.24, 2.45) is 11.8 Å². The van der Waals surface area contributed by atoms with Gasteiger partial charge in [0, 0.05) is 31.5 Å². The summed E-state index contributed by atoms with van der Waals surface area (Å²) >= 11 is 0. The number of nitrogens with zero attached hydrogens (tertiary/aromatic N) is 3. The zero-order valence-electron chi connectivity index (χ0n) is 22.9. The van der Waals surface area contributed by atoms with Crippen molar-refractivity contribution in [2.45, 2.75) is 110 Å². The molecule has 0 fully saturated rings. The van der Waals surface area contributed by atoms with Gasteiger partial charge >= 0.3 is 0 Å². The van der Waals surface area contributed by atoms with Crippen molar-refractivity contribution in [1.82, 2.24) is 15.0 Å². The number of alkyl halides is 2. The average molecular weight is 520 g/mol. The standard InChI is InChI=1S/C30H44F3N3O/c1-4-6-10-16-37-17-11-8-9-13-25-15-14-24-19-26(36-28(31)27(24)30(25,32)33)29-34-20-23(21-35-29)18-22(3)12-7-5-2/h19-22,25H,4-18H2,1-3H3. The van der Waals surface area contributed by atoms with Gasteiger partial charge in [-0.15, -0.1) is 0 Å². The molecule has 0 spiro atoms. The van der Waals surface area contributed by atoms with E-state index in [-0.39, 0.29) is 11.5 Å². The van der Waals surface area contributed by atoms with Crippen LogP contribution in [0.5, 0.6) is 0 Å². The average Bonchev–Trinajstić information content (AvgIpc) is 2.87. The van der Waals surface area contributed by atoms with Crippen LogP contribution in [-0.4, -0.2) is 28.2 Å². The number of fused-ring (bicyclic) bond motifs is 1. The van der Waals surface area contributed by atoms with Crippen molar-refractivity contribution in [3.63, 3.8) is 0 Å². The molecule has 2 atom stereocenters. The fourth-order valence-corrected chi connectivity index (χ4v) is 5.24. The quantitative estimate of drug-likeness (QED) is 0.165. The molecule has 0 amide bonds. The molecule has 2 aromatic heterocycles.